The van der Waals surface area contributed by atoms with Crippen molar-refractivity contribution in [3.8, 4) is 11.5 Å². The summed E-state index contributed by atoms with van der Waals surface area (Å²) in [6, 6.07) is 7.82. The number of benzene rings is 1. The third kappa shape index (κ3) is 3.85. The van der Waals surface area contributed by atoms with E-state index in [4.69, 9.17) is 13.9 Å². The normalized spacial score (nSPS) is 15.2. The molecule has 0 aliphatic carbocycles. The van der Waals surface area contributed by atoms with E-state index in [9.17, 15) is 4.79 Å². The fraction of sp³-hybridized carbons (Fsp3) is 0.450. The van der Waals surface area contributed by atoms with Crippen molar-refractivity contribution in [2.45, 2.75) is 20.4 Å². The van der Waals surface area contributed by atoms with Crippen LogP contribution >= 0.6 is 0 Å². The molecule has 0 spiro atoms. The van der Waals surface area contributed by atoms with Crippen LogP contribution in [0.3, 0.4) is 0 Å². The van der Waals surface area contributed by atoms with Crippen LogP contribution in [0.1, 0.15) is 27.4 Å². The van der Waals surface area contributed by atoms with Gasteiger partial charge in [-0.3, -0.25) is 9.69 Å². The minimum atomic E-state index is 0.0603. The van der Waals surface area contributed by atoms with Crippen LogP contribution in [0.5, 0.6) is 11.5 Å². The van der Waals surface area contributed by atoms with E-state index < -0.39 is 0 Å². The Bertz CT molecular complexity index is 776. The predicted molar refractivity (Wildman–Crippen MR) is 98.9 cm³/mol. The molecule has 0 unspecified atom stereocenters. The van der Waals surface area contributed by atoms with E-state index in [0.717, 1.165) is 50.0 Å². The average molecular weight is 358 g/mol. The van der Waals surface area contributed by atoms with Gasteiger partial charge in [0.05, 0.1) is 19.8 Å². The Morgan fingerprint density at radius 3 is 2.31 bits per heavy atom. The van der Waals surface area contributed by atoms with Crippen LogP contribution in [0.25, 0.3) is 0 Å². The third-order valence-corrected chi connectivity index (χ3v) is 4.79. The van der Waals surface area contributed by atoms with Crippen molar-refractivity contribution in [1.82, 2.24) is 9.80 Å². The topological polar surface area (TPSA) is 55.2 Å². The number of aryl methyl sites for hydroxylation is 2. The Morgan fingerprint density at radius 2 is 1.73 bits per heavy atom. The highest BCUT2D eigenvalue weighted by molar-refractivity contribution is 5.95. The van der Waals surface area contributed by atoms with Crippen LogP contribution in [0.2, 0.25) is 0 Å². The maximum Gasteiger partial charge on any atom is 0.257 e. The van der Waals surface area contributed by atoms with Crippen LogP contribution in [0.15, 0.2) is 28.7 Å². The Morgan fingerprint density at radius 1 is 1.04 bits per heavy atom. The van der Waals surface area contributed by atoms with E-state index in [-0.39, 0.29) is 5.91 Å². The number of piperazine rings is 1. The zero-order valence-electron chi connectivity index (χ0n) is 15.9. The van der Waals surface area contributed by atoms with Crippen molar-refractivity contribution < 1.29 is 18.7 Å². The molecule has 0 atom stereocenters. The molecule has 3 rings (SSSR count). The second kappa shape index (κ2) is 7.83. The van der Waals surface area contributed by atoms with Crippen molar-refractivity contribution in [2.75, 3.05) is 40.4 Å². The number of amides is 1. The van der Waals surface area contributed by atoms with Crippen LogP contribution in [-0.2, 0) is 6.54 Å². The van der Waals surface area contributed by atoms with Crippen molar-refractivity contribution in [3.05, 3.63) is 46.9 Å². The van der Waals surface area contributed by atoms with Gasteiger partial charge in [-0.1, -0.05) is 6.07 Å². The van der Waals surface area contributed by atoms with Gasteiger partial charge >= 0.3 is 0 Å². The molecule has 0 N–H and O–H groups in total. The molecule has 1 aliphatic heterocycles. The summed E-state index contributed by atoms with van der Waals surface area (Å²) in [6.07, 6.45) is 0. The Labute approximate surface area is 154 Å². The van der Waals surface area contributed by atoms with Crippen molar-refractivity contribution in [3.63, 3.8) is 0 Å². The number of furan rings is 1. The summed E-state index contributed by atoms with van der Waals surface area (Å²) in [5.41, 5.74) is 1.85. The second-order valence-electron chi connectivity index (χ2n) is 6.58. The highest BCUT2D eigenvalue weighted by Gasteiger charge is 2.24. The molecule has 1 aliphatic rings. The maximum absolute atomic E-state index is 12.7. The highest BCUT2D eigenvalue weighted by atomic mass is 16.5. The lowest BCUT2D eigenvalue weighted by atomic mass is 10.1. The van der Waals surface area contributed by atoms with Crippen LogP contribution in [0.4, 0.5) is 0 Å². The van der Waals surface area contributed by atoms with Gasteiger partial charge in [-0.05, 0) is 37.6 Å². The number of methoxy groups -OCH3 is 2. The lowest BCUT2D eigenvalue weighted by Crippen LogP contribution is -2.48. The lowest BCUT2D eigenvalue weighted by Gasteiger charge is -2.34. The molecule has 26 heavy (non-hydrogen) atoms. The fourth-order valence-electron chi connectivity index (χ4n) is 3.36. The number of nitrogens with zero attached hydrogens (tertiary/aromatic N) is 2. The highest BCUT2D eigenvalue weighted by Crippen LogP contribution is 2.28. The van der Waals surface area contributed by atoms with Gasteiger partial charge in [-0.15, -0.1) is 0 Å². The maximum atomic E-state index is 12.7. The Hall–Kier alpha value is -2.47. The molecule has 6 nitrogen and oxygen atoms in total. The molecule has 0 radical (unpaired) electrons. The summed E-state index contributed by atoms with van der Waals surface area (Å²) < 4.78 is 16.1. The molecule has 140 valence electrons. The summed E-state index contributed by atoms with van der Waals surface area (Å²) >= 11 is 0. The minimum absolute atomic E-state index is 0.0603. The quantitative estimate of drug-likeness (QED) is 0.823. The number of carbonyl (C=O) groups excluding carboxylic acids is 1. The van der Waals surface area contributed by atoms with Crippen LogP contribution < -0.4 is 9.47 Å². The van der Waals surface area contributed by atoms with E-state index in [1.807, 2.05) is 36.9 Å². The zero-order chi connectivity index (χ0) is 18.7. The molecule has 6 heteroatoms. The SMILES string of the molecule is COc1ccc(CN2CCN(C(=O)c3cc(C)oc3C)CC2)cc1OC. The lowest BCUT2D eigenvalue weighted by molar-refractivity contribution is 0.0626. The van der Waals surface area contributed by atoms with E-state index in [1.165, 1.54) is 5.56 Å². The number of hydrogen-bond donors (Lipinski definition) is 0. The Balaban J connectivity index is 1.59. The molecule has 1 aromatic carbocycles. The largest absolute Gasteiger partial charge is 0.493 e. The summed E-state index contributed by atoms with van der Waals surface area (Å²) in [5, 5.41) is 0. The molecule has 1 saturated heterocycles. The minimum Gasteiger partial charge on any atom is -0.493 e. The molecule has 1 fully saturated rings. The number of hydrogen-bond acceptors (Lipinski definition) is 5. The van der Waals surface area contributed by atoms with Gasteiger partial charge in [0.15, 0.2) is 11.5 Å². The second-order valence-corrected chi connectivity index (χ2v) is 6.58. The average Bonchev–Trinajstić information content (AvgIpc) is 2.99. The smallest absolute Gasteiger partial charge is 0.257 e. The molecule has 0 saturated carbocycles. The van der Waals surface area contributed by atoms with E-state index in [0.29, 0.717) is 11.3 Å². The van der Waals surface area contributed by atoms with E-state index >= 15 is 0 Å². The first-order chi connectivity index (χ1) is 12.5. The van der Waals surface area contributed by atoms with Crippen molar-refractivity contribution in [1.29, 1.82) is 0 Å². The fourth-order valence-corrected chi connectivity index (χ4v) is 3.36. The molecule has 0 bridgehead atoms. The summed E-state index contributed by atoms with van der Waals surface area (Å²) in [5.74, 6) is 3.00. The molecular weight excluding hydrogens is 332 g/mol. The van der Waals surface area contributed by atoms with Gasteiger partial charge < -0.3 is 18.8 Å². The van der Waals surface area contributed by atoms with Gasteiger partial charge in [0.25, 0.3) is 5.91 Å². The monoisotopic (exact) mass is 358 g/mol. The number of ether oxygens (including phenoxy) is 2. The molecule has 1 aromatic heterocycles. The van der Waals surface area contributed by atoms with Gasteiger partial charge in [0.1, 0.15) is 11.5 Å². The number of carbonyl (C=O) groups is 1. The van der Waals surface area contributed by atoms with E-state index in [1.54, 1.807) is 14.2 Å². The van der Waals surface area contributed by atoms with Crippen molar-refractivity contribution >= 4 is 5.91 Å². The van der Waals surface area contributed by atoms with Gasteiger partial charge in [-0.2, -0.15) is 0 Å². The van der Waals surface area contributed by atoms with Crippen LogP contribution in [-0.4, -0.2) is 56.1 Å². The molecular formula is C20H26N2O4. The number of rotatable bonds is 5. The van der Waals surface area contributed by atoms with Crippen molar-refractivity contribution in [2.24, 2.45) is 0 Å². The zero-order valence-corrected chi connectivity index (χ0v) is 15.9. The molecule has 2 aromatic rings. The molecule has 1 amide bonds. The summed E-state index contributed by atoms with van der Waals surface area (Å²) in [6.45, 7) is 7.65. The standard InChI is InChI=1S/C20H26N2O4/c1-14-11-17(15(2)26-14)20(23)22-9-7-21(8-10-22)13-16-5-6-18(24-3)19(12-16)25-4/h5-6,11-12H,7-10,13H2,1-4H3. The van der Waals surface area contributed by atoms with Gasteiger partial charge in [0, 0.05) is 32.7 Å². The predicted octanol–water partition coefficient (Wildman–Crippen LogP) is 2.87. The van der Waals surface area contributed by atoms with E-state index in [2.05, 4.69) is 11.0 Å². The summed E-state index contributed by atoms with van der Waals surface area (Å²) in [4.78, 5) is 16.9. The first-order valence-corrected chi connectivity index (χ1v) is 8.81. The molecule has 2 heterocycles. The van der Waals surface area contributed by atoms with Crippen LogP contribution in [0, 0.1) is 13.8 Å². The van der Waals surface area contributed by atoms with Gasteiger partial charge in [0.2, 0.25) is 0 Å². The third-order valence-electron chi connectivity index (χ3n) is 4.79. The first kappa shape index (κ1) is 18.3. The Kier molecular flexibility index (Phi) is 5.52. The first-order valence-electron chi connectivity index (χ1n) is 8.81. The summed E-state index contributed by atoms with van der Waals surface area (Å²) in [7, 11) is 3.28. The van der Waals surface area contributed by atoms with Gasteiger partial charge in [-0.25, -0.2) is 0 Å².